The van der Waals surface area contributed by atoms with Crippen molar-refractivity contribution in [2.75, 3.05) is 12.4 Å². The smallest absolute Gasteiger partial charge is 0.282 e. The van der Waals surface area contributed by atoms with E-state index in [-0.39, 0.29) is 28.6 Å². The van der Waals surface area contributed by atoms with Crippen LogP contribution in [0.4, 0.5) is 11.4 Å². The molecule has 2 rings (SSSR count). The third kappa shape index (κ3) is 4.30. The van der Waals surface area contributed by atoms with E-state index in [4.69, 9.17) is 11.6 Å². The van der Waals surface area contributed by atoms with E-state index in [1.54, 1.807) is 31.3 Å². The summed E-state index contributed by atoms with van der Waals surface area (Å²) in [7, 11) is 1.55. The first-order chi connectivity index (χ1) is 11.4. The first-order valence-corrected chi connectivity index (χ1v) is 7.33. The number of nitrogens with one attached hydrogen (secondary N) is 2. The standard InChI is InChI=1S/C16H14ClN3O4/c1-18-15(21)8-10-2-5-12(6-3-10)19-16(22)13-9-11(17)4-7-14(13)20(23)24/h2-7,9H,8H2,1H3,(H,18,21)(H,19,22). The molecule has 24 heavy (non-hydrogen) atoms. The Morgan fingerprint density at radius 1 is 1.17 bits per heavy atom. The Morgan fingerprint density at radius 2 is 1.83 bits per heavy atom. The van der Waals surface area contributed by atoms with Gasteiger partial charge in [-0.2, -0.15) is 0 Å². The maximum absolute atomic E-state index is 12.3. The van der Waals surface area contributed by atoms with Gasteiger partial charge in [0.1, 0.15) is 5.56 Å². The SMILES string of the molecule is CNC(=O)Cc1ccc(NC(=O)c2cc(Cl)ccc2[N+](=O)[O-])cc1. The number of halogens is 1. The normalized spacial score (nSPS) is 10.1. The molecule has 0 aliphatic rings. The van der Waals surface area contributed by atoms with Crippen molar-refractivity contribution in [3.8, 4) is 0 Å². The van der Waals surface area contributed by atoms with E-state index in [0.29, 0.717) is 5.69 Å². The second-order valence-electron chi connectivity index (χ2n) is 4.92. The number of amides is 2. The maximum atomic E-state index is 12.3. The van der Waals surface area contributed by atoms with Crippen molar-refractivity contribution in [3.63, 3.8) is 0 Å². The molecule has 2 amide bonds. The number of benzene rings is 2. The molecular weight excluding hydrogens is 334 g/mol. The van der Waals surface area contributed by atoms with Crippen molar-refractivity contribution in [2.24, 2.45) is 0 Å². The van der Waals surface area contributed by atoms with Gasteiger partial charge < -0.3 is 10.6 Å². The number of nitro benzene ring substituents is 1. The van der Waals surface area contributed by atoms with Crippen molar-refractivity contribution in [1.29, 1.82) is 0 Å². The summed E-state index contributed by atoms with van der Waals surface area (Å²) in [5, 5.41) is 16.3. The second kappa shape index (κ2) is 7.56. The van der Waals surface area contributed by atoms with E-state index in [1.807, 2.05) is 0 Å². The molecule has 0 bridgehead atoms. The Hall–Kier alpha value is -2.93. The molecule has 8 heteroatoms. The fraction of sp³-hybridized carbons (Fsp3) is 0.125. The molecule has 0 heterocycles. The summed E-state index contributed by atoms with van der Waals surface area (Å²) in [5.74, 6) is -0.760. The van der Waals surface area contributed by atoms with Gasteiger partial charge in [0.2, 0.25) is 5.91 Å². The van der Waals surface area contributed by atoms with E-state index < -0.39 is 10.8 Å². The Bertz CT molecular complexity index is 790. The number of hydrogen-bond donors (Lipinski definition) is 2. The van der Waals surface area contributed by atoms with Gasteiger partial charge in [-0.05, 0) is 29.8 Å². The number of anilines is 1. The molecule has 2 aromatic carbocycles. The molecule has 0 aliphatic carbocycles. The summed E-state index contributed by atoms with van der Waals surface area (Å²) in [6.07, 6.45) is 0.227. The van der Waals surface area contributed by atoms with Crippen LogP contribution in [0.3, 0.4) is 0 Å². The molecule has 2 aromatic rings. The zero-order valence-corrected chi connectivity index (χ0v) is 13.5. The molecule has 0 saturated carbocycles. The highest BCUT2D eigenvalue weighted by molar-refractivity contribution is 6.31. The number of hydrogen-bond acceptors (Lipinski definition) is 4. The highest BCUT2D eigenvalue weighted by Gasteiger charge is 2.20. The van der Waals surface area contributed by atoms with Crippen LogP contribution in [0.2, 0.25) is 5.02 Å². The molecule has 0 spiro atoms. The lowest BCUT2D eigenvalue weighted by Gasteiger charge is -2.07. The lowest BCUT2D eigenvalue weighted by atomic mass is 10.1. The van der Waals surface area contributed by atoms with Gasteiger partial charge in [-0.3, -0.25) is 19.7 Å². The molecule has 0 unspecified atom stereocenters. The van der Waals surface area contributed by atoms with E-state index in [0.717, 1.165) is 5.56 Å². The fourth-order valence-electron chi connectivity index (χ4n) is 2.03. The van der Waals surface area contributed by atoms with Crippen molar-refractivity contribution < 1.29 is 14.5 Å². The number of nitro groups is 1. The number of likely N-dealkylation sites (N-methyl/N-ethyl adjacent to an activating group) is 1. The average molecular weight is 348 g/mol. The van der Waals surface area contributed by atoms with Gasteiger partial charge >= 0.3 is 0 Å². The lowest BCUT2D eigenvalue weighted by Crippen LogP contribution is -2.19. The van der Waals surface area contributed by atoms with Crippen molar-refractivity contribution in [2.45, 2.75) is 6.42 Å². The third-order valence-electron chi connectivity index (χ3n) is 3.26. The summed E-state index contributed by atoms with van der Waals surface area (Å²) in [5.41, 5.74) is 0.783. The zero-order chi connectivity index (χ0) is 17.7. The maximum Gasteiger partial charge on any atom is 0.282 e. The van der Waals surface area contributed by atoms with E-state index in [1.165, 1.54) is 18.2 Å². The van der Waals surface area contributed by atoms with Crippen molar-refractivity contribution >= 4 is 34.8 Å². The van der Waals surface area contributed by atoms with Gasteiger partial charge in [-0.1, -0.05) is 23.7 Å². The molecule has 0 radical (unpaired) electrons. The van der Waals surface area contributed by atoms with Crippen molar-refractivity contribution in [1.82, 2.24) is 5.32 Å². The van der Waals surface area contributed by atoms with Crippen LogP contribution in [0.25, 0.3) is 0 Å². The van der Waals surface area contributed by atoms with E-state index in [9.17, 15) is 19.7 Å². The Morgan fingerprint density at radius 3 is 2.42 bits per heavy atom. The minimum atomic E-state index is -0.641. The zero-order valence-electron chi connectivity index (χ0n) is 12.7. The van der Waals surface area contributed by atoms with Gasteiger partial charge in [-0.25, -0.2) is 0 Å². The van der Waals surface area contributed by atoms with Crippen LogP contribution in [0.5, 0.6) is 0 Å². The molecule has 0 saturated heterocycles. The van der Waals surface area contributed by atoms with Crippen LogP contribution in [0.15, 0.2) is 42.5 Å². The average Bonchev–Trinajstić information content (AvgIpc) is 2.56. The molecule has 0 aliphatic heterocycles. The molecule has 2 N–H and O–H groups in total. The fourth-order valence-corrected chi connectivity index (χ4v) is 2.20. The second-order valence-corrected chi connectivity index (χ2v) is 5.36. The molecule has 0 fully saturated rings. The highest BCUT2D eigenvalue weighted by Crippen LogP contribution is 2.24. The third-order valence-corrected chi connectivity index (χ3v) is 3.49. The Balaban J connectivity index is 2.17. The molecule has 0 atom stereocenters. The van der Waals surface area contributed by atoms with Gasteiger partial charge in [0.15, 0.2) is 0 Å². The van der Waals surface area contributed by atoms with Crippen LogP contribution >= 0.6 is 11.6 Å². The summed E-state index contributed by atoms with van der Waals surface area (Å²) >= 11 is 5.81. The predicted molar refractivity (Wildman–Crippen MR) is 90.3 cm³/mol. The predicted octanol–water partition coefficient (Wildman–Crippen LogP) is 2.79. The summed E-state index contributed by atoms with van der Waals surface area (Å²) in [6.45, 7) is 0. The first-order valence-electron chi connectivity index (χ1n) is 6.95. The molecule has 0 aromatic heterocycles. The van der Waals surface area contributed by atoms with Gasteiger partial charge in [-0.15, -0.1) is 0 Å². The first kappa shape index (κ1) is 17.4. The molecular formula is C16H14ClN3O4. The quantitative estimate of drug-likeness (QED) is 0.641. The molecule has 124 valence electrons. The topological polar surface area (TPSA) is 101 Å². The minimum absolute atomic E-state index is 0.123. The summed E-state index contributed by atoms with van der Waals surface area (Å²) in [6, 6.07) is 10.4. The Kier molecular flexibility index (Phi) is 5.49. The van der Waals surface area contributed by atoms with Crippen LogP contribution in [0.1, 0.15) is 15.9 Å². The van der Waals surface area contributed by atoms with Gasteiger partial charge in [0, 0.05) is 23.8 Å². The monoisotopic (exact) mass is 347 g/mol. The largest absolute Gasteiger partial charge is 0.359 e. The highest BCUT2D eigenvalue weighted by atomic mass is 35.5. The minimum Gasteiger partial charge on any atom is -0.359 e. The van der Waals surface area contributed by atoms with Crippen LogP contribution in [-0.2, 0) is 11.2 Å². The number of carbonyl (C=O) groups excluding carboxylic acids is 2. The van der Waals surface area contributed by atoms with Gasteiger partial charge in [0.05, 0.1) is 11.3 Å². The van der Waals surface area contributed by atoms with Crippen LogP contribution < -0.4 is 10.6 Å². The van der Waals surface area contributed by atoms with E-state index in [2.05, 4.69) is 10.6 Å². The lowest BCUT2D eigenvalue weighted by molar-refractivity contribution is -0.385. The van der Waals surface area contributed by atoms with Crippen molar-refractivity contribution in [3.05, 3.63) is 68.7 Å². The van der Waals surface area contributed by atoms with E-state index >= 15 is 0 Å². The number of rotatable bonds is 5. The van der Waals surface area contributed by atoms with Gasteiger partial charge in [0.25, 0.3) is 11.6 Å². The summed E-state index contributed by atoms with van der Waals surface area (Å²) < 4.78 is 0. The van der Waals surface area contributed by atoms with Crippen LogP contribution in [0, 0.1) is 10.1 Å². The Labute approximate surface area is 142 Å². The molecule has 7 nitrogen and oxygen atoms in total. The number of nitrogens with zero attached hydrogens (tertiary/aromatic N) is 1. The van der Waals surface area contributed by atoms with Crippen LogP contribution in [-0.4, -0.2) is 23.8 Å². The summed E-state index contributed by atoms with van der Waals surface area (Å²) in [4.78, 5) is 33.9. The number of carbonyl (C=O) groups is 2.